The van der Waals surface area contributed by atoms with Gasteiger partial charge >= 0.3 is 0 Å². The summed E-state index contributed by atoms with van der Waals surface area (Å²) in [6.07, 6.45) is 3.73. The van der Waals surface area contributed by atoms with Gasteiger partial charge in [-0.05, 0) is 42.3 Å². The number of benzene rings is 2. The first-order valence-electron chi connectivity index (χ1n) is 8.89. The standard InChI is InChI=1S/C22H17N3O3/c26-20(24-17-8-11-23-12-9-17)16-6-7-18-19(14-16)22(28)25(21(18)27)13-10-15-4-2-1-3-5-15/h1-9,11-12,14H,10,13H2,(H,23,24,26). The Labute approximate surface area is 161 Å². The number of pyridine rings is 1. The Balaban J connectivity index is 1.51. The lowest BCUT2D eigenvalue weighted by molar-refractivity contribution is 0.0656. The molecule has 1 aliphatic rings. The first-order chi connectivity index (χ1) is 13.6. The number of imide groups is 1. The average molecular weight is 371 g/mol. The number of amides is 3. The molecule has 0 saturated carbocycles. The predicted octanol–water partition coefficient (Wildman–Crippen LogP) is 3.17. The highest BCUT2D eigenvalue weighted by atomic mass is 16.2. The van der Waals surface area contributed by atoms with Gasteiger partial charge in [-0.3, -0.25) is 24.3 Å². The van der Waals surface area contributed by atoms with Crippen molar-refractivity contribution < 1.29 is 14.4 Å². The predicted molar refractivity (Wildman–Crippen MR) is 104 cm³/mol. The lowest BCUT2D eigenvalue weighted by Crippen LogP contribution is -2.31. The van der Waals surface area contributed by atoms with Crippen LogP contribution < -0.4 is 5.32 Å². The molecular formula is C22H17N3O3. The number of rotatable bonds is 5. The lowest BCUT2D eigenvalue weighted by Gasteiger charge is -2.13. The minimum atomic E-state index is -0.366. The molecule has 0 atom stereocenters. The van der Waals surface area contributed by atoms with E-state index in [2.05, 4.69) is 10.3 Å². The van der Waals surface area contributed by atoms with Crippen LogP contribution in [0.1, 0.15) is 36.6 Å². The summed E-state index contributed by atoms with van der Waals surface area (Å²) in [5.41, 5.74) is 2.57. The number of carbonyl (C=O) groups is 3. The molecule has 0 fully saturated rings. The zero-order chi connectivity index (χ0) is 19.5. The van der Waals surface area contributed by atoms with Crippen LogP contribution in [0.5, 0.6) is 0 Å². The number of hydrogen-bond donors (Lipinski definition) is 1. The molecule has 6 nitrogen and oxygen atoms in total. The zero-order valence-electron chi connectivity index (χ0n) is 15.0. The van der Waals surface area contributed by atoms with Crippen LogP contribution in [0.4, 0.5) is 5.69 Å². The van der Waals surface area contributed by atoms with E-state index in [1.165, 1.54) is 11.0 Å². The van der Waals surface area contributed by atoms with Crippen molar-refractivity contribution in [2.24, 2.45) is 0 Å². The molecular weight excluding hydrogens is 354 g/mol. The van der Waals surface area contributed by atoms with Gasteiger partial charge in [0.2, 0.25) is 0 Å². The molecule has 3 aromatic rings. The maximum atomic E-state index is 12.7. The summed E-state index contributed by atoms with van der Waals surface area (Å²) in [6, 6.07) is 17.6. The molecule has 2 heterocycles. The monoisotopic (exact) mass is 371 g/mol. The molecule has 28 heavy (non-hydrogen) atoms. The molecule has 0 aliphatic carbocycles. The van der Waals surface area contributed by atoms with Gasteiger partial charge in [0.05, 0.1) is 11.1 Å². The van der Waals surface area contributed by atoms with Crippen molar-refractivity contribution in [1.82, 2.24) is 9.88 Å². The molecule has 1 aliphatic heterocycles. The Morgan fingerprint density at radius 2 is 1.61 bits per heavy atom. The smallest absolute Gasteiger partial charge is 0.261 e. The van der Waals surface area contributed by atoms with Crippen LogP contribution in [-0.4, -0.2) is 34.2 Å². The molecule has 3 amide bonds. The second-order valence-corrected chi connectivity index (χ2v) is 6.45. The number of hydrogen-bond acceptors (Lipinski definition) is 4. The number of nitrogens with zero attached hydrogens (tertiary/aromatic N) is 2. The Morgan fingerprint density at radius 3 is 2.36 bits per heavy atom. The van der Waals surface area contributed by atoms with E-state index in [9.17, 15) is 14.4 Å². The topological polar surface area (TPSA) is 79.4 Å². The number of anilines is 1. The number of carbonyl (C=O) groups excluding carboxylic acids is 3. The van der Waals surface area contributed by atoms with Crippen molar-refractivity contribution in [3.05, 3.63) is 95.3 Å². The number of nitrogens with one attached hydrogen (secondary N) is 1. The van der Waals surface area contributed by atoms with Crippen molar-refractivity contribution >= 4 is 23.4 Å². The lowest BCUT2D eigenvalue weighted by atomic mass is 10.1. The molecule has 2 aromatic carbocycles. The third kappa shape index (κ3) is 3.40. The summed E-state index contributed by atoms with van der Waals surface area (Å²) in [4.78, 5) is 42.9. The summed E-state index contributed by atoms with van der Waals surface area (Å²) in [7, 11) is 0. The van der Waals surface area contributed by atoms with Gasteiger partial charge < -0.3 is 5.32 Å². The minimum Gasteiger partial charge on any atom is -0.322 e. The highest BCUT2D eigenvalue weighted by Crippen LogP contribution is 2.25. The Bertz CT molecular complexity index is 1050. The van der Waals surface area contributed by atoms with Crippen molar-refractivity contribution in [3.63, 3.8) is 0 Å². The summed E-state index contributed by atoms with van der Waals surface area (Å²) in [5, 5.41) is 2.74. The fraction of sp³-hybridized carbons (Fsp3) is 0.0909. The molecule has 4 rings (SSSR count). The van der Waals surface area contributed by atoms with Crippen LogP contribution in [0, 0.1) is 0 Å². The van der Waals surface area contributed by atoms with Crippen LogP contribution >= 0.6 is 0 Å². The van der Waals surface area contributed by atoms with Gasteiger partial charge in [0.25, 0.3) is 17.7 Å². The Hall–Kier alpha value is -3.80. The van der Waals surface area contributed by atoms with Crippen LogP contribution in [0.15, 0.2) is 73.1 Å². The number of fused-ring (bicyclic) bond motifs is 1. The van der Waals surface area contributed by atoms with Gasteiger partial charge in [-0.15, -0.1) is 0 Å². The van der Waals surface area contributed by atoms with Gasteiger partial charge in [0.1, 0.15) is 0 Å². The highest BCUT2D eigenvalue weighted by Gasteiger charge is 2.35. The summed E-state index contributed by atoms with van der Waals surface area (Å²) >= 11 is 0. The fourth-order valence-electron chi connectivity index (χ4n) is 3.16. The highest BCUT2D eigenvalue weighted by molar-refractivity contribution is 6.22. The van der Waals surface area contributed by atoms with E-state index < -0.39 is 0 Å². The van der Waals surface area contributed by atoms with Crippen LogP contribution in [-0.2, 0) is 6.42 Å². The second kappa shape index (κ2) is 7.44. The first-order valence-corrected chi connectivity index (χ1v) is 8.89. The van der Waals surface area contributed by atoms with E-state index in [0.717, 1.165) is 5.56 Å². The van der Waals surface area contributed by atoms with Gasteiger partial charge in [0, 0.05) is 30.2 Å². The molecule has 0 radical (unpaired) electrons. The summed E-state index contributed by atoms with van der Waals surface area (Å²) < 4.78 is 0. The van der Waals surface area contributed by atoms with E-state index in [1.54, 1.807) is 36.7 Å². The average Bonchev–Trinajstić information content (AvgIpc) is 2.97. The van der Waals surface area contributed by atoms with Crippen molar-refractivity contribution in [2.75, 3.05) is 11.9 Å². The molecule has 138 valence electrons. The summed E-state index contributed by atoms with van der Waals surface area (Å²) in [5.74, 6) is -1.04. The number of aromatic nitrogens is 1. The van der Waals surface area contributed by atoms with E-state index in [0.29, 0.717) is 29.8 Å². The Kier molecular flexibility index (Phi) is 4.68. The molecule has 0 saturated heterocycles. The third-order valence-electron chi connectivity index (χ3n) is 4.64. The van der Waals surface area contributed by atoms with E-state index in [1.807, 2.05) is 30.3 Å². The largest absolute Gasteiger partial charge is 0.322 e. The maximum absolute atomic E-state index is 12.7. The summed E-state index contributed by atoms with van der Waals surface area (Å²) in [6.45, 7) is 0.301. The van der Waals surface area contributed by atoms with E-state index >= 15 is 0 Å². The fourth-order valence-corrected chi connectivity index (χ4v) is 3.16. The first kappa shape index (κ1) is 17.6. The van der Waals surface area contributed by atoms with Gasteiger partial charge in [0.15, 0.2) is 0 Å². The van der Waals surface area contributed by atoms with Crippen LogP contribution in [0.25, 0.3) is 0 Å². The maximum Gasteiger partial charge on any atom is 0.261 e. The van der Waals surface area contributed by atoms with E-state index in [4.69, 9.17) is 0 Å². The third-order valence-corrected chi connectivity index (χ3v) is 4.64. The van der Waals surface area contributed by atoms with Crippen LogP contribution in [0.3, 0.4) is 0 Å². The quantitative estimate of drug-likeness (QED) is 0.699. The van der Waals surface area contributed by atoms with Crippen molar-refractivity contribution in [2.45, 2.75) is 6.42 Å². The molecule has 1 aromatic heterocycles. The molecule has 1 N–H and O–H groups in total. The second-order valence-electron chi connectivity index (χ2n) is 6.45. The van der Waals surface area contributed by atoms with Gasteiger partial charge in [-0.1, -0.05) is 30.3 Å². The van der Waals surface area contributed by atoms with E-state index in [-0.39, 0.29) is 23.3 Å². The van der Waals surface area contributed by atoms with Crippen LogP contribution in [0.2, 0.25) is 0 Å². The normalized spacial score (nSPS) is 12.8. The van der Waals surface area contributed by atoms with Crippen molar-refractivity contribution in [1.29, 1.82) is 0 Å². The minimum absolute atomic E-state index is 0.264. The van der Waals surface area contributed by atoms with Gasteiger partial charge in [-0.2, -0.15) is 0 Å². The molecule has 0 unspecified atom stereocenters. The van der Waals surface area contributed by atoms with Crippen molar-refractivity contribution in [3.8, 4) is 0 Å². The SMILES string of the molecule is O=C(Nc1ccncc1)c1ccc2c(c1)C(=O)N(CCc1ccccc1)C2=O. The zero-order valence-corrected chi connectivity index (χ0v) is 15.0. The molecule has 0 spiro atoms. The molecule has 6 heteroatoms. The van der Waals surface area contributed by atoms with Gasteiger partial charge in [-0.25, -0.2) is 0 Å². The molecule has 0 bridgehead atoms. The Morgan fingerprint density at radius 1 is 0.893 bits per heavy atom.